The van der Waals surface area contributed by atoms with E-state index < -0.39 is 0 Å². The van der Waals surface area contributed by atoms with Gasteiger partial charge >= 0.3 is 0 Å². The Labute approximate surface area is 155 Å². The van der Waals surface area contributed by atoms with Crippen molar-refractivity contribution in [2.24, 2.45) is 0 Å². The molecule has 1 atom stereocenters. The van der Waals surface area contributed by atoms with Gasteiger partial charge in [-0.05, 0) is 25.0 Å². The van der Waals surface area contributed by atoms with Gasteiger partial charge in [0, 0.05) is 19.1 Å². The van der Waals surface area contributed by atoms with Crippen molar-refractivity contribution < 1.29 is 9.26 Å². The number of anilines is 3. The van der Waals surface area contributed by atoms with Crippen LogP contribution in [0.3, 0.4) is 0 Å². The first-order valence-corrected chi connectivity index (χ1v) is 8.66. The average molecular weight is 365 g/mol. The lowest BCUT2D eigenvalue weighted by Gasteiger charge is -2.33. The highest BCUT2D eigenvalue weighted by Crippen LogP contribution is 2.31. The summed E-state index contributed by atoms with van der Waals surface area (Å²) in [5.41, 5.74) is 7.46. The number of aromatic nitrogens is 3. The van der Waals surface area contributed by atoms with E-state index in [-0.39, 0.29) is 11.9 Å². The van der Waals surface area contributed by atoms with Gasteiger partial charge in [0.15, 0.2) is 11.4 Å². The predicted molar refractivity (Wildman–Crippen MR) is 101 cm³/mol. The molecule has 0 amide bonds. The third-order valence-electron chi connectivity index (χ3n) is 4.63. The second-order valence-corrected chi connectivity index (χ2v) is 6.39. The van der Waals surface area contributed by atoms with Crippen LogP contribution in [-0.4, -0.2) is 41.4 Å². The first kappa shape index (κ1) is 16.9. The summed E-state index contributed by atoms with van der Waals surface area (Å²) in [6, 6.07) is 7.80. The zero-order valence-corrected chi connectivity index (χ0v) is 14.8. The van der Waals surface area contributed by atoms with Crippen LogP contribution in [0, 0.1) is 11.3 Å². The van der Waals surface area contributed by atoms with Gasteiger partial charge in [0.1, 0.15) is 11.6 Å². The summed E-state index contributed by atoms with van der Waals surface area (Å²) in [5, 5.41) is 17.5. The van der Waals surface area contributed by atoms with E-state index in [4.69, 9.17) is 20.3 Å². The maximum absolute atomic E-state index is 9.05. The molecule has 3 aromatic rings. The van der Waals surface area contributed by atoms with Crippen molar-refractivity contribution in [1.29, 1.82) is 5.26 Å². The molecule has 1 aliphatic rings. The van der Waals surface area contributed by atoms with Gasteiger partial charge in [0.05, 0.1) is 24.4 Å². The molecule has 0 radical (unpaired) electrons. The van der Waals surface area contributed by atoms with Crippen LogP contribution in [0.5, 0.6) is 5.88 Å². The number of para-hydroxylation sites is 1. The summed E-state index contributed by atoms with van der Waals surface area (Å²) in [5.74, 6) is 1.50. The minimum atomic E-state index is 0.129. The monoisotopic (exact) mass is 365 g/mol. The molecule has 3 heterocycles. The molecule has 0 aliphatic carbocycles. The number of hydrogen-bond donors (Lipinski definition) is 2. The molecule has 1 fully saturated rings. The zero-order valence-electron chi connectivity index (χ0n) is 14.8. The van der Waals surface area contributed by atoms with Gasteiger partial charge in [-0.1, -0.05) is 11.2 Å². The van der Waals surface area contributed by atoms with E-state index in [1.165, 1.54) is 13.3 Å². The zero-order chi connectivity index (χ0) is 18.8. The first-order valence-electron chi connectivity index (χ1n) is 8.66. The lowest BCUT2D eigenvalue weighted by Crippen LogP contribution is -2.42. The normalized spacial score (nSPS) is 16.9. The van der Waals surface area contributed by atoms with Gasteiger partial charge in [-0.25, -0.2) is 4.98 Å². The van der Waals surface area contributed by atoms with E-state index >= 15 is 0 Å². The van der Waals surface area contributed by atoms with E-state index in [0.717, 1.165) is 37.1 Å². The lowest BCUT2D eigenvalue weighted by molar-refractivity contribution is 0.395. The Morgan fingerprint density at radius 3 is 3.15 bits per heavy atom. The molecule has 3 N–H and O–H groups in total. The molecule has 27 heavy (non-hydrogen) atoms. The van der Waals surface area contributed by atoms with Gasteiger partial charge in [0.25, 0.3) is 0 Å². The molecule has 0 spiro atoms. The third kappa shape index (κ3) is 3.17. The van der Waals surface area contributed by atoms with Crippen molar-refractivity contribution in [1.82, 2.24) is 15.1 Å². The summed E-state index contributed by atoms with van der Waals surface area (Å²) in [6.07, 6.45) is 3.42. The SMILES string of the molecule is COc1nc(N[C@@H]2CCCN(c3noc4c(N)cccc34)C2)ncc1C#N. The fourth-order valence-corrected chi connectivity index (χ4v) is 3.34. The van der Waals surface area contributed by atoms with E-state index in [1.807, 2.05) is 18.2 Å². The summed E-state index contributed by atoms with van der Waals surface area (Å²) < 4.78 is 10.6. The molecule has 2 aromatic heterocycles. The number of ether oxygens (including phenoxy) is 1. The summed E-state index contributed by atoms with van der Waals surface area (Å²) in [4.78, 5) is 10.7. The Hall–Kier alpha value is -3.54. The number of rotatable bonds is 4. The van der Waals surface area contributed by atoms with E-state index in [1.54, 1.807) is 6.07 Å². The maximum Gasteiger partial charge on any atom is 0.236 e. The van der Waals surface area contributed by atoms with Gasteiger partial charge in [0.2, 0.25) is 11.8 Å². The van der Waals surface area contributed by atoms with Crippen LogP contribution < -0.4 is 20.7 Å². The molecular weight excluding hydrogens is 346 g/mol. The highest BCUT2D eigenvalue weighted by Gasteiger charge is 2.25. The third-order valence-corrected chi connectivity index (χ3v) is 4.63. The minimum absolute atomic E-state index is 0.129. The molecule has 1 saturated heterocycles. The molecule has 0 bridgehead atoms. The van der Waals surface area contributed by atoms with E-state index in [2.05, 4.69) is 25.3 Å². The molecular formula is C18H19N7O2. The van der Waals surface area contributed by atoms with Crippen LogP contribution in [0.2, 0.25) is 0 Å². The van der Waals surface area contributed by atoms with Crippen LogP contribution in [0.4, 0.5) is 17.5 Å². The Balaban J connectivity index is 1.53. The van der Waals surface area contributed by atoms with Crippen molar-refractivity contribution in [2.45, 2.75) is 18.9 Å². The molecule has 9 nitrogen and oxygen atoms in total. The number of nitriles is 1. The highest BCUT2D eigenvalue weighted by molar-refractivity contribution is 5.95. The van der Waals surface area contributed by atoms with Crippen molar-refractivity contribution in [2.75, 3.05) is 36.1 Å². The summed E-state index contributed by atoms with van der Waals surface area (Å²) >= 11 is 0. The smallest absolute Gasteiger partial charge is 0.236 e. The van der Waals surface area contributed by atoms with Crippen LogP contribution in [0.1, 0.15) is 18.4 Å². The highest BCUT2D eigenvalue weighted by atomic mass is 16.5. The fraction of sp³-hybridized carbons (Fsp3) is 0.333. The molecule has 1 aliphatic heterocycles. The number of nitrogen functional groups attached to an aromatic ring is 1. The number of fused-ring (bicyclic) bond motifs is 1. The molecule has 1 aromatic carbocycles. The Kier molecular flexibility index (Phi) is 4.38. The van der Waals surface area contributed by atoms with Gasteiger partial charge < -0.3 is 25.2 Å². The summed E-state index contributed by atoms with van der Waals surface area (Å²) in [7, 11) is 1.48. The number of nitrogens with one attached hydrogen (secondary N) is 1. The molecule has 0 unspecified atom stereocenters. The number of methoxy groups -OCH3 is 1. The largest absolute Gasteiger partial charge is 0.480 e. The van der Waals surface area contributed by atoms with Crippen LogP contribution >= 0.6 is 0 Å². The van der Waals surface area contributed by atoms with Crippen molar-refractivity contribution in [3.05, 3.63) is 30.0 Å². The average Bonchev–Trinajstić information content (AvgIpc) is 3.13. The standard InChI is InChI=1S/C18H19N7O2/c1-26-17-11(8-19)9-21-18(23-17)22-12-4-3-7-25(10-12)16-13-5-2-6-14(20)15(13)27-24-16/h2,5-6,9,12H,3-4,7,10,20H2,1H3,(H,21,22,23)/t12-/m1/s1. The van der Waals surface area contributed by atoms with Gasteiger partial charge in [-0.2, -0.15) is 10.2 Å². The molecule has 9 heteroatoms. The maximum atomic E-state index is 9.05. The number of piperidine rings is 1. The number of benzene rings is 1. The quantitative estimate of drug-likeness (QED) is 0.669. The van der Waals surface area contributed by atoms with E-state index in [0.29, 0.717) is 22.8 Å². The Bertz CT molecular complexity index is 1010. The van der Waals surface area contributed by atoms with Crippen LogP contribution in [0.25, 0.3) is 11.0 Å². The van der Waals surface area contributed by atoms with E-state index in [9.17, 15) is 0 Å². The van der Waals surface area contributed by atoms with Crippen molar-refractivity contribution >= 4 is 28.4 Å². The second kappa shape index (κ2) is 6.99. The van der Waals surface area contributed by atoms with Gasteiger partial charge in [-0.15, -0.1) is 0 Å². The Morgan fingerprint density at radius 2 is 2.33 bits per heavy atom. The second-order valence-electron chi connectivity index (χ2n) is 6.39. The first-order chi connectivity index (χ1) is 13.2. The topological polar surface area (TPSA) is 126 Å². The van der Waals surface area contributed by atoms with Gasteiger partial charge in [-0.3, -0.25) is 0 Å². The molecule has 4 rings (SSSR count). The van der Waals surface area contributed by atoms with Crippen LogP contribution in [-0.2, 0) is 0 Å². The Morgan fingerprint density at radius 1 is 1.44 bits per heavy atom. The van der Waals surface area contributed by atoms with Crippen LogP contribution in [0.15, 0.2) is 28.9 Å². The fourth-order valence-electron chi connectivity index (χ4n) is 3.34. The number of nitrogens with zero attached hydrogens (tertiary/aromatic N) is 5. The lowest BCUT2D eigenvalue weighted by atomic mass is 10.1. The predicted octanol–water partition coefficient (Wildman–Crippen LogP) is 2.16. The summed E-state index contributed by atoms with van der Waals surface area (Å²) in [6.45, 7) is 1.61. The van der Waals surface area contributed by atoms with Crippen molar-refractivity contribution in [3.8, 4) is 11.9 Å². The molecule has 138 valence electrons. The number of nitrogens with two attached hydrogens (primary N) is 1. The molecule has 0 saturated carbocycles. The minimum Gasteiger partial charge on any atom is -0.480 e. The van der Waals surface area contributed by atoms with Crippen molar-refractivity contribution in [3.63, 3.8) is 0 Å². The number of hydrogen-bond acceptors (Lipinski definition) is 9.